The molecule has 1 fully saturated rings. The molecule has 110 valence electrons. The molecule has 0 aromatic heterocycles. The summed E-state index contributed by atoms with van der Waals surface area (Å²) in [6, 6.07) is 7.22. The Labute approximate surface area is 119 Å². The van der Waals surface area contributed by atoms with Gasteiger partial charge >= 0.3 is 6.03 Å². The minimum Gasteiger partial charge on any atom is -0.394 e. The number of amides is 2. The highest BCUT2D eigenvalue weighted by Crippen LogP contribution is 2.39. The Bertz CT molecular complexity index is 474. The van der Waals surface area contributed by atoms with Gasteiger partial charge in [-0.2, -0.15) is 0 Å². The maximum Gasteiger partial charge on any atom is 0.319 e. The molecule has 1 saturated carbocycles. The summed E-state index contributed by atoms with van der Waals surface area (Å²) in [5, 5.41) is 15.1. The van der Waals surface area contributed by atoms with Crippen molar-refractivity contribution in [1.29, 1.82) is 0 Å². The first-order chi connectivity index (χ1) is 9.57. The lowest BCUT2D eigenvalue weighted by molar-refractivity contribution is 0.159. The predicted molar refractivity (Wildman–Crippen MR) is 77.5 cm³/mol. The molecule has 0 bridgehead atoms. The van der Waals surface area contributed by atoms with Crippen LogP contribution in [0.5, 0.6) is 0 Å². The van der Waals surface area contributed by atoms with Crippen molar-refractivity contribution in [2.45, 2.75) is 31.9 Å². The molecule has 1 unspecified atom stereocenters. The van der Waals surface area contributed by atoms with Crippen molar-refractivity contribution in [2.75, 3.05) is 19.0 Å². The number of aliphatic hydroxyl groups is 1. The van der Waals surface area contributed by atoms with E-state index >= 15 is 0 Å². The fourth-order valence-corrected chi connectivity index (χ4v) is 2.32. The van der Waals surface area contributed by atoms with Gasteiger partial charge in [-0.1, -0.05) is 12.1 Å². The maximum atomic E-state index is 12.0. The number of carbonyl (C=O) groups is 1. The zero-order valence-corrected chi connectivity index (χ0v) is 12.0. The number of urea groups is 1. The van der Waals surface area contributed by atoms with E-state index in [-0.39, 0.29) is 12.6 Å². The van der Waals surface area contributed by atoms with Crippen LogP contribution < -0.4 is 10.6 Å². The number of anilines is 1. The van der Waals surface area contributed by atoms with Crippen molar-refractivity contribution in [3.63, 3.8) is 0 Å². The van der Waals surface area contributed by atoms with Gasteiger partial charge in [0, 0.05) is 12.8 Å². The van der Waals surface area contributed by atoms with Gasteiger partial charge in [0.15, 0.2) is 0 Å². The third-order valence-corrected chi connectivity index (χ3v) is 3.70. The van der Waals surface area contributed by atoms with Gasteiger partial charge in [-0.05, 0) is 43.4 Å². The summed E-state index contributed by atoms with van der Waals surface area (Å²) in [7, 11) is 1.63. The Morgan fingerprint density at radius 3 is 2.85 bits per heavy atom. The van der Waals surface area contributed by atoms with Crippen LogP contribution in [0.15, 0.2) is 24.3 Å². The lowest BCUT2D eigenvalue weighted by Gasteiger charge is -2.28. The van der Waals surface area contributed by atoms with E-state index in [1.54, 1.807) is 7.11 Å². The van der Waals surface area contributed by atoms with Crippen LogP contribution in [-0.2, 0) is 11.3 Å². The Kier molecular flexibility index (Phi) is 4.62. The number of methoxy groups -OCH3 is 1. The number of aliphatic hydroxyl groups excluding tert-OH is 1. The third-order valence-electron chi connectivity index (χ3n) is 3.70. The first-order valence-corrected chi connectivity index (χ1v) is 6.85. The van der Waals surface area contributed by atoms with E-state index in [2.05, 4.69) is 10.6 Å². The van der Waals surface area contributed by atoms with Gasteiger partial charge in [0.25, 0.3) is 0 Å². The fourth-order valence-electron chi connectivity index (χ4n) is 2.32. The molecule has 1 aliphatic rings. The van der Waals surface area contributed by atoms with E-state index in [4.69, 9.17) is 4.74 Å². The van der Waals surface area contributed by atoms with Crippen molar-refractivity contribution < 1.29 is 14.6 Å². The molecule has 2 amide bonds. The highest BCUT2D eigenvalue weighted by atomic mass is 16.5. The van der Waals surface area contributed by atoms with Crippen LogP contribution in [0, 0.1) is 5.92 Å². The van der Waals surface area contributed by atoms with Gasteiger partial charge < -0.3 is 20.5 Å². The number of ether oxygens (including phenoxy) is 1. The van der Waals surface area contributed by atoms with Crippen LogP contribution in [0.3, 0.4) is 0 Å². The molecule has 1 aliphatic carbocycles. The van der Waals surface area contributed by atoms with Gasteiger partial charge in [-0.25, -0.2) is 4.79 Å². The number of hydrogen-bond acceptors (Lipinski definition) is 3. The molecule has 1 aromatic rings. The molecule has 20 heavy (non-hydrogen) atoms. The summed E-state index contributed by atoms with van der Waals surface area (Å²) >= 11 is 0. The average molecular weight is 278 g/mol. The number of nitrogens with one attached hydrogen (secondary N) is 2. The first-order valence-electron chi connectivity index (χ1n) is 6.85. The van der Waals surface area contributed by atoms with Crippen molar-refractivity contribution in [3.8, 4) is 0 Å². The van der Waals surface area contributed by atoms with Crippen LogP contribution in [-0.4, -0.2) is 30.4 Å². The molecular weight excluding hydrogens is 256 g/mol. The Morgan fingerprint density at radius 1 is 1.50 bits per heavy atom. The minimum absolute atomic E-state index is 0.0468. The van der Waals surface area contributed by atoms with E-state index < -0.39 is 5.54 Å². The number of hydrogen-bond donors (Lipinski definition) is 3. The minimum atomic E-state index is -0.534. The van der Waals surface area contributed by atoms with E-state index in [0.29, 0.717) is 18.2 Å². The standard InChI is InChI=1S/C15H22N2O3/c1-15(10-18,12-6-7-12)17-14(19)16-13-5-3-4-11(8-13)9-20-2/h3-5,8,12,18H,6-7,9-10H2,1-2H3,(H2,16,17,19). The summed E-state index contributed by atoms with van der Waals surface area (Å²) in [4.78, 5) is 12.0. The van der Waals surface area contributed by atoms with E-state index in [1.807, 2.05) is 31.2 Å². The summed E-state index contributed by atoms with van der Waals surface area (Å²) < 4.78 is 5.06. The lowest BCUT2D eigenvalue weighted by atomic mass is 9.97. The van der Waals surface area contributed by atoms with Crippen LogP contribution in [0.4, 0.5) is 10.5 Å². The molecule has 0 spiro atoms. The molecule has 0 radical (unpaired) electrons. The third kappa shape index (κ3) is 3.71. The molecule has 5 heteroatoms. The second kappa shape index (κ2) is 6.24. The summed E-state index contributed by atoms with van der Waals surface area (Å²) in [6.07, 6.45) is 2.11. The molecule has 1 aromatic carbocycles. The SMILES string of the molecule is COCc1cccc(NC(=O)NC(C)(CO)C2CC2)c1. The quantitative estimate of drug-likeness (QED) is 0.746. The van der Waals surface area contributed by atoms with Crippen LogP contribution >= 0.6 is 0 Å². The van der Waals surface area contributed by atoms with Crippen LogP contribution in [0.2, 0.25) is 0 Å². The molecule has 0 heterocycles. The largest absolute Gasteiger partial charge is 0.394 e. The molecular formula is C15H22N2O3. The highest BCUT2D eigenvalue weighted by Gasteiger charge is 2.42. The lowest BCUT2D eigenvalue weighted by Crippen LogP contribution is -2.52. The normalized spacial score (nSPS) is 17.4. The Balaban J connectivity index is 1.95. The second-order valence-electron chi connectivity index (χ2n) is 5.56. The molecule has 1 atom stereocenters. The van der Waals surface area contributed by atoms with Gasteiger partial charge in [0.2, 0.25) is 0 Å². The van der Waals surface area contributed by atoms with Crippen molar-refractivity contribution in [2.24, 2.45) is 5.92 Å². The first kappa shape index (κ1) is 14.8. The predicted octanol–water partition coefficient (Wildman–Crippen LogP) is 2.12. The smallest absolute Gasteiger partial charge is 0.319 e. The monoisotopic (exact) mass is 278 g/mol. The van der Waals surface area contributed by atoms with Gasteiger partial charge in [-0.3, -0.25) is 0 Å². The zero-order valence-electron chi connectivity index (χ0n) is 12.0. The summed E-state index contributed by atoms with van der Waals surface area (Å²) in [6.45, 7) is 2.34. The second-order valence-corrected chi connectivity index (χ2v) is 5.56. The van der Waals surface area contributed by atoms with E-state index in [0.717, 1.165) is 18.4 Å². The summed E-state index contributed by atoms with van der Waals surface area (Å²) in [5.41, 5.74) is 1.18. The van der Waals surface area contributed by atoms with Crippen LogP contribution in [0.1, 0.15) is 25.3 Å². The summed E-state index contributed by atoms with van der Waals surface area (Å²) in [5.74, 6) is 0.373. The zero-order chi connectivity index (χ0) is 14.6. The van der Waals surface area contributed by atoms with Crippen LogP contribution in [0.25, 0.3) is 0 Å². The Hall–Kier alpha value is -1.59. The maximum absolute atomic E-state index is 12.0. The number of benzene rings is 1. The molecule has 2 rings (SSSR count). The molecule has 3 N–H and O–H groups in total. The number of rotatable bonds is 6. The molecule has 0 aliphatic heterocycles. The van der Waals surface area contributed by atoms with Gasteiger partial charge in [0.1, 0.15) is 0 Å². The highest BCUT2D eigenvalue weighted by molar-refractivity contribution is 5.89. The number of carbonyl (C=O) groups excluding carboxylic acids is 1. The average Bonchev–Trinajstić information content (AvgIpc) is 3.24. The van der Waals surface area contributed by atoms with Crippen molar-refractivity contribution in [1.82, 2.24) is 5.32 Å². The van der Waals surface area contributed by atoms with E-state index in [1.165, 1.54) is 0 Å². The fraction of sp³-hybridized carbons (Fsp3) is 0.533. The topological polar surface area (TPSA) is 70.6 Å². The Morgan fingerprint density at radius 2 is 2.25 bits per heavy atom. The molecule has 0 saturated heterocycles. The van der Waals surface area contributed by atoms with Gasteiger partial charge in [0.05, 0.1) is 18.8 Å². The van der Waals surface area contributed by atoms with Gasteiger partial charge in [-0.15, -0.1) is 0 Å². The van der Waals surface area contributed by atoms with Crippen molar-refractivity contribution in [3.05, 3.63) is 29.8 Å². The molecule has 5 nitrogen and oxygen atoms in total. The van der Waals surface area contributed by atoms with E-state index in [9.17, 15) is 9.90 Å². The van der Waals surface area contributed by atoms with Crippen molar-refractivity contribution >= 4 is 11.7 Å².